The summed E-state index contributed by atoms with van der Waals surface area (Å²) in [6, 6.07) is 0. The van der Waals surface area contributed by atoms with Gasteiger partial charge in [-0.1, -0.05) is 0 Å². The van der Waals surface area contributed by atoms with Crippen LogP contribution in [0.5, 0.6) is 0 Å². The summed E-state index contributed by atoms with van der Waals surface area (Å²) < 4.78 is 6.04. The van der Waals surface area contributed by atoms with Crippen molar-refractivity contribution in [2.24, 2.45) is 0 Å². The van der Waals surface area contributed by atoms with Gasteiger partial charge in [0.15, 0.2) is 0 Å². The van der Waals surface area contributed by atoms with E-state index in [-0.39, 0.29) is 5.54 Å². The van der Waals surface area contributed by atoms with Crippen molar-refractivity contribution in [1.29, 1.82) is 0 Å². The van der Waals surface area contributed by atoms with E-state index < -0.39 is 0 Å². The molecule has 1 aromatic rings. The molecule has 5 heteroatoms. The summed E-state index contributed by atoms with van der Waals surface area (Å²) in [6.45, 7) is 6.66. The molecular formula is C11H18BrN3O. The van der Waals surface area contributed by atoms with Crippen LogP contribution in [0.15, 0.2) is 10.7 Å². The number of hydrogen-bond donors (Lipinski definition) is 2. The van der Waals surface area contributed by atoms with E-state index in [0.29, 0.717) is 12.3 Å². The molecule has 1 rings (SSSR count). The topological polar surface area (TPSA) is 60.2 Å². The zero-order chi connectivity index (χ0) is 12.3. The summed E-state index contributed by atoms with van der Waals surface area (Å²) in [4.78, 5) is 4.27. The number of nitrogens with two attached hydrogens (primary N) is 1. The van der Waals surface area contributed by atoms with E-state index >= 15 is 0 Å². The minimum Gasteiger partial charge on any atom is -0.397 e. The molecule has 1 heterocycles. The lowest BCUT2D eigenvalue weighted by Gasteiger charge is -2.26. The van der Waals surface area contributed by atoms with Gasteiger partial charge in [0.05, 0.1) is 28.5 Å². The predicted octanol–water partition coefficient (Wildman–Crippen LogP) is 2.57. The molecule has 0 saturated heterocycles. The molecule has 0 spiro atoms. The van der Waals surface area contributed by atoms with Gasteiger partial charge in [-0.2, -0.15) is 0 Å². The predicted molar refractivity (Wildman–Crippen MR) is 70.7 cm³/mol. The van der Waals surface area contributed by atoms with Crippen molar-refractivity contribution in [1.82, 2.24) is 4.98 Å². The van der Waals surface area contributed by atoms with Crippen LogP contribution in [0.3, 0.4) is 0 Å². The molecule has 0 bridgehead atoms. The Morgan fingerprint density at radius 2 is 2.19 bits per heavy atom. The molecular weight excluding hydrogens is 270 g/mol. The fourth-order valence-electron chi connectivity index (χ4n) is 1.40. The summed E-state index contributed by atoms with van der Waals surface area (Å²) in [5.74, 6) is 0.786. The van der Waals surface area contributed by atoms with Crippen LogP contribution in [-0.4, -0.2) is 24.2 Å². The van der Waals surface area contributed by atoms with Gasteiger partial charge in [0.1, 0.15) is 5.82 Å². The SMILES string of the molecule is COCC(C)(C)Nc1ncc(N)c(C)c1Br. The third-order valence-electron chi connectivity index (χ3n) is 2.26. The molecule has 4 nitrogen and oxygen atoms in total. The van der Waals surface area contributed by atoms with Crippen molar-refractivity contribution in [3.05, 3.63) is 16.2 Å². The summed E-state index contributed by atoms with van der Waals surface area (Å²) in [5.41, 5.74) is 7.27. The molecule has 16 heavy (non-hydrogen) atoms. The largest absolute Gasteiger partial charge is 0.397 e. The third-order valence-corrected chi connectivity index (χ3v) is 3.24. The van der Waals surface area contributed by atoms with Gasteiger partial charge in [0.2, 0.25) is 0 Å². The molecule has 0 atom stereocenters. The summed E-state index contributed by atoms with van der Waals surface area (Å²) in [5, 5.41) is 3.32. The summed E-state index contributed by atoms with van der Waals surface area (Å²) in [6.07, 6.45) is 1.66. The summed E-state index contributed by atoms with van der Waals surface area (Å²) >= 11 is 3.49. The molecule has 0 aliphatic heterocycles. The highest BCUT2D eigenvalue weighted by Gasteiger charge is 2.19. The van der Waals surface area contributed by atoms with E-state index in [1.54, 1.807) is 13.3 Å². The van der Waals surface area contributed by atoms with Gasteiger partial charge >= 0.3 is 0 Å². The average Bonchev–Trinajstić information content (AvgIpc) is 2.19. The molecule has 1 aromatic heterocycles. The van der Waals surface area contributed by atoms with Gasteiger partial charge < -0.3 is 15.8 Å². The van der Waals surface area contributed by atoms with Gasteiger partial charge in [-0.15, -0.1) is 0 Å². The van der Waals surface area contributed by atoms with Crippen molar-refractivity contribution in [3.8, 4) is 0 Å². The van der Waals surface area contributed by atoms with Gasteiger partial charge in [-0.25, -0.2) is 4.98 Å². The molecule has 0 amide bonds. The number of nitrogens with zero attached hydrogens (tertiary/aromatic N) is 1. The number of hydrogen-bond acceptors (Lipinski definition) is 4. The molecule has 0 fully saturated rings. The molecule has 90 valence electrons. The first-order valence-electron chi connectivity index (χ1n) is 5.05. The molecule has 0 saturated carbocycles. The number of nitrogens with one attached hydrogen (secondary N) is 1. The van der Waals surface area contributed by atoms with Crippen LogP contribution in [0, 0.1) is 6.92 Å². The second kappa shape index (κ2) is 5.01. The average molecular weight is 288 g/mol. The Labute approximate surface area is 105 Å². The van der Waals surface area contributed by atoms with Crippen molar-refractivity contribution < 1.29 is 4.74 Å². The Morgan fingerprint density at radius 1 is 1.56 bits per heavy atom. The van der Waals surface area contributed by atoms with Crippen LogP contribution < -0.4 is 11.1 Å². The highest BCUT2D eigenvalue weighted by atomic mass is 79.9. The maximum Gasteiger partial charge on any atom is 0.141 e. The monoisotopic (exact) mass is 287 g/mol. The van der Waals surface area contributed by atoms with Crippen LogP contribution in [0.4, 0.5) is 11.5 Å². The van der Waals surface area contributed by atoms with Crippen LogP contribution in [-0.2, 0) is 4.74 Å². The van der Waals surface area contributed by atoms with E-state index in [4.69, 9.17) is 10.5 Å². The molecule has 0 aromatic carbocycles. The van der Waals surface area contributed by atoms with Gasteiger partial charge in [-0.05, 0) is 42.3 Å². The Balaban J connectivity index is 2.94. The van der Waals surface area contributed by atoms with Crippen LogP contribution >= 0.6 is 15.9 Å². The van der Waals surface area contributed by atoms with Crippen molar-refractivity contribution in [2.75, 3.05) is 24.8 Å². The maximum absolute atomic E-state index is 5.77. The number of ether oxygens (including phenoxy) is 1. The van der Waals surface area contributed by atoms with Crippen LogP contribution in [0.1, 0.15) is 19.4 Å². The molecule has 0 aliphatic rings. The van der Waals surface area contributed by atoms with E-state index in [1.165, 1.54) is 0 Å². The number of aromatic nitrogens is 1. The first-order valence-corrected chi connectivity index (χ1v) is 5.84. The first-order chi connectivity index (χ1) is 7.37. The van der Waals surface area contributed by atoms with Crippen LogP contribution in [0.2, 0.25) is 0 Å². The number of pyridine rings is 1. The smallest absolute Gasteiger partial charge is 0.141 e. The highest BCUT2D eigenvalue weighted by Crippen LogP contribution is 2.29. The minimum atomic E-state index is -0.174. The molecule has 0 unspecified atom stereocenters. The fraction of sp³-hybridized carbons (Fsp3) is 0.545. The molecule has 0 radical (unpaired) electrons. The zero-order valence-electron chi connectivity index (χ0n) is 10.1. The highest BCUT2D eigenvalue weighted by molar-refractivity contribution is 9.10. The van der Waals surface area contributed by atoms with Crippen molar-refractivity contribution in [3.63, 3.8) is 0 Å². The number of anilines is 2. The Morgan fingerprint density at radius 3 is 2.75 bits per heavy atom. The Kier molecular flexibility index (Phi) is 4.15. The zero-order valence-corrected chi connectivity index (χ0v) is 11.7. The summed E-state index contributed by atoms with van der Waals surface area (Å²) in [7, 11) is 1.68. The quantitative estimate of drug-likeness (QED) is 0.894. The number of nitrogen functional groups attached to an aromatic ring is 1. The van der Waals surface area contributed by atoms with E-state index in [9.17, 15) is 0 Å². The van der Waals surface area contributed by atoms with Gasteiger partial charge in [0, 0.05) is 7.11 Å². The molecule has 0 aliphatic carbocycles. The normalized spacial score (nSPS) is 11.6. The minimum absolute atomic E-state index is 0.174. The van der Waals surface area contributed by atoms with E-state index in [0.717, 1.165) is 15.9 Å². The number of methoxy groups -OCH3 is 1. The van der Waals surface area contributed by atoms with E-state index in [2.05, 4.69) is 40.1 Å². The first kappa shape index (κ1) is 13.3. The second-order valence-electron chi connectivity index (χ2n) is 4.44. The van der Waals surface area contributed by atoms with Crippen LogP contribution in [0.25, 0.3) is 0 Å². The van der Waals surface area contributed by atoms with Gasteiger partial charge in [-0.3, -0.25) is 0 Å². The van der Waals surface area contributed by atoms with Crippen molar-refractivity contribution >= 4 is 27.4 Å². The lowest BCUT2D eigenvalue weighted by Crippen LogP contribution is -2.36. The Hall–Kier alpha value is -0.810. The lowest BCUT2D eigenvalue weighted by atomic mass is 10.1. The molecule has 3 N–H and O–H groups in total. The fourth-order valence-corrected chi connectivity index (χ4v) is 1.83. The van der Waals surface area contributed by atoms with E-state index in [1.807, 2.05) is 6.92 Å². The lowest BCUT2D eigenvalue weighted by molar-refractivity contribution is 0.158. The standard InChI is InChI=1S/C11H18BrN3O/c1-7-8(13)5-14-10(9(7)12)15-11(2,3)6-16-4/h5H,6,13H2,1-4H3,(H,14,15). The second-order valence-corrected chi connectivity index (χ2v) is 5.24. The maximum atomic E-state index is 5.77. The third kappa shape index (κ3) is 3.09. The van der Waals surface area contributed by atoms with Gasteiger partial charge in [0.25, 0.3) is 0 Å². The van der Waals surface area contributed by atoms with Crippen molar-refractivity contribution in [2.45, 2.75) is 26.3 Å². The number of halogens is 1. The Bertz CT molecular complexity index is 380. The number of rotatable bonds is 4.